The third-order valence-corrected chi connectivity index (χ3v) is 6.76. The monoisotopic (exact) mass is 522 g/mol. The van der Waals surface area contributed by atoms with Crippen molar-refractivity contribution in [1.29, 1.82) is 0 Å². The average Bonchev–Trinajstić information content (AvgIpc) is 2.79. The van der Waals surface area contributed by atoms with Crippen molar-refractivity contribution in [3.63, 3.8) is 0 Å². The van der Waals surface area contributed by atoms with Crippen molar-refractivity contribution in [3.05, 3.63) is 0 Å². The first-order chi connectivity index (χ1) is 16.8. The molecule has 0 bridgehead atoms. The molecular weight excluding hydrogens is 465 g/mol. The minimum absolute atomic E-state index is 0.115. The van der Waals surface area contributed by atoms with Crippen molar-refractivity contribution in [1.82, 2.24) is 0 Å². The number of ether oxygens (including phenoxy) is 2. The zero-order valence-electron chi connectivity index (χ0n) is 23.6. The number of quaternary nitrogens is 1. The van der Waals surface area contributed by atoms with E-state index in [-0.39, 0.29) is 13.2 Å². The summed E-state index contributed by atoms with van der Waals surface area (Å²) in [7, 11) is 4.20. The summed E-state index contributed by atoms with van der Waals surface area (Å²) in [6.45, 7) is 5.58. The number of unbranched alkanes of at least 4 members (excludes halogenated alkanes) is 14. The van der Waals surface area contributed by atoms with Crippen LogP contribution in [0.2, 0.25) is 0 Å². The lowest BCUT2D eigenvalue weighted by atomic mass is 10.0. The van der Waals surface area contributed by atoms with Crippen molar-refractivity contribution in [2.24, 2.45) is 0 Å². The Hall–Kier alpha value is -0.460. The first-order valence-corrected chi connectivity index (χ1v) is 15.3. The summed E-state index contributed by atoms with van der Waals surface area (Å²) in [5.41, 5.74) is 0. The molecule has 0 aromatic heterocycles. The molecule has 0 spiro atoms. The molecule has 0 fully saturated rings. The van der Waals surface area contributed by atoms with Crippen LogP contribution in [0, 0.1) is 0 Å². The lowest BCUT2D eigenvalue weighted by Crippen LogP contribution is -2.37. The van der Waals surface area contributed by atoms with Crippen LogP contribution in [0.15, 0.2) is 0 Å². The molecule has 8 heteroatoms. The highest BCUT2D eigenvalue weighted by molar-refractivity contribution is 7.40. The van der Waals surface area contributed by atoms with Gasteiger partial charge in [-0.3, -0.25) is 0 Å². The third kappa shape index (κ3) is 26.4. The molecule has 2 unspecified atom stereocenters. The van der Waals surface area contributed by atoms with Gasteiger partial charge in [0.2, 0.25) is 0 Å². The molecular formula is C27H57NO6P+. The molecule has 1 N–H and O–H groups in total. The van der Waals surface area contributed by atoms with Crippen molar-refractivity contribution in [2.45, 2.75) is 123 Å². The average molecular weight is 523 g/mol. The minimum Gasteiger partial charge on any atom is -0.435 e. The van der Waals surface area contributed by atoms with Gasteiger partial charge in [-0.1, -0.05) is 96.8 Å². The fourth-order valence-electron chi connectivity index (χ4n) is 3.78. The summed E-state index contributed by atoms with van der Waals surface area (Å²) in [6.07, 6.45) is 19.2. The predicted molar refractivity (Wildman–Crippen MR) is 145 cm³/mol. The van der Waals surface area contributed by atoms with E-state index in [2.05, 4.69) is 28.1 Å². The van der Waals surface area contributed by atoms with Gasteiger partial charge in [-0.2, -0.15) is 0 Å². The van der Waals surface area contributed by atoms with Crippen LogP contribution < -0.4 is 0 Å². The maximum Gasteiger partial charge on any atom is 0.508 e. The van der Waals surface area contributed by atoms with E-state index in [4.69, 9.17) is 18.5 Å². The van der Waals surface area contributed by atoms with Gasteiger partial charge in [-0.15, -0.1) is 0 Å². The second-order valence-corrected chi connectivity index (χ2v) is 11.5. The Morgan fingerprint density at radius 3 is 1.71 bits per heavy atom. The summed E-state index contributed by atoms with van der Waals surface area (Å²) >= 11 is 0. The van der Waals surface area contributed by atoms with Crippen LogP contribution in [-0.4, -0.2) is 69.1 Å². The second-order valence-electron chi connectivity index (χ2n) is 10.5. The molecule has 0 aliphatic heterocycles. The highest BCUT2D eigenvalue weighted by Gasteiger charge is 2.19. The van der Waals surface area contributed by atoms with Crippen LogP contribution in [-0.2, 0) is 18.5 Å². The first kappa shape index (κ1) is 34.5. The zero-order chi connectivity index (χ0) is 26.2. The molecule has 0 saturated heterocycles. The normalized spacial score (nSPS) is 13.5. The highest BCUT2D eigenvalue weighted by atomic mass is 31.2. The maximum absolute atomic E-state index is 11.8. The van der Waals surface area contributed by atoms with Gasteiger partial charge in [-0.25, -0.2) is 4.79 Å². The fourth-order valence-corrected chi connectivity index (χ4v) is 4.39. The van der Waals surface area contributed by atoms with Gasteiger partial charge in [0, 0.05) is 0 Å². The van der Waals surface area contributed by atoms with E-state index < -0.39 is 20.9 Å². The maximum atomic E-state index is 11.8. The molecule has 0 aliphatic rings. The number of rotatable bonds is 25. The Morgan fingerprint density at radius 1 is 0.771 bits per heavy atom. The molecule has 2 atom stereocenters. The predicted octanol–water partition coefficient (Wildman–Crippen LogP) is 7.75. The van der Waals surface area contributed by atoms with Crippen LogP contribution >= 0.6 is 8.60 Å². The van der Waals surface area contributed by atoms with Gasteiger partial charge in [-0.05, 0) is 19.8 Å². The SMILES string of the molecule is CCCCCCCCCCCCCCCCCC(COP(O)OCC[N+](C)(C)C)OC(=O)OCC. The molecule has 0 rings (SSSR count). The van der Waals surface area contributed by atoms with Gasteiger partial charge in [0.05, 0.1) is 34.4 Å². The lowest BCUT2D eigenvalue weighted by molar-refractivity contribution is -0.870. The summed E-state index contributed by atoms with van der Waals surface area (Å²) in [5.74, 6) is 0. The molecule has 210 valence electrons. The van der Waals surface area contributed by atoms with Crippen LogP contribution in [0.25, 0.3) is 0 Å². The third-order valence-electron chi connectivity index (χ3n) is 5.99. The van der Waals surface area contributed by atoms with Crippen molar-refractivity contribution < 1.29 is 32.7 Å². The van der Waals surface area contributed by atoms with Gasteiger partial charge in [0.25, 0.3) is 0 Å². The van der Waals surface area contributed by atoms with E-state index in [0.29, 0.717) is 13.0 Å². The smallest absolute Gasteiger partial charge is 0.435 e. The Labute approximate surface area is 217 Å². The number of likely N-dealkylation sites (N-methyl/N-ethyl adjacent to an activating group) is 1. The van der Waals surface area contributed by atoms with E-state index in [1.165, 1.54) is 83.5 Å². The Kier molecular flexibility index (Phi) is 23.6. The summed E-state index contributed by atoms with van der Waals surface area (Å²) in [5, 5.41) is 0. The summed E-state index contributed by atoms with van der Waals surface area (Å²) in [4.78, 5) is 21.7. The van der Waals surface area contributed by atoms with E-state index in [1.807, 2.05) is 0 Å². The Bertz CT molecular complexity index is 475. The number of carbonyl (C=O) groups is 1. The number of carbonyl (C=O) groups excluding carboxylic acids is 1. The molecule has 0 heterocycles. The van der Waals surface area contributed by atoms with E-state index in [1.54, 1.807) is 6.92 Å². The van der Waals surface area contributed by atoms with Crippen molar-refractivity contribution in [2.75, 3.05) is 47.5 Å². The summed E-state index contributed by atoms with van der Waals surface area (Å²) < 4.78 is 21.8. The first-order valence-electron chi connectivity index (χ1n) is 14.2. The molecule has 35 heavy (non-hydrogen) atoms. The van der Waals surface area contributed by atoms with Gasteiger partial charge < -0.3 is 27.9 Å². The van der Waals surface area contributed by atoms with Gasteiger partial charge >= 0.3 is 14.8 Å². The number of nitrogens with zero attached hydrogens (tertiary/aromatic N) is 1. The van der Waals surface area contributed by atoms with Crippen LogP contribution in [0.3, 0.4) is 0 Å². The molecule has 0 amide bonds. The minimum atomic E-state index is -1.98. The Morgan fingerprint density at radius 2 is 1.26 bits per heavy atom. The van der Waals surface area contributed by atoms with E-state index in [0.717, 1.165) is 23.9 Å². The second kappa shape index (κ2) is 23.9. The zero-order valence-corrected chi connectivity index (χ0v) is 24.5. The lowest BCUT2D eigenvalue weighted by Gasteiger charge is -2.24. The molecule has 0 aliphatic carbocycles. The molecule has 0 aromatic rings. The highest BCUT2D eigenvalue weighted by Crippen LogP contribution is 2.33. The molecule has 0 saturated carbocycles. The van der Waals surface area contributed by atoms with E-state index >= 15 is 0 Å². The van der Waals surface area contributed by atoms with Crippen LogP contribution in [0.4, 0.5) is 4.79 Å². The molecule has 0 aromatic carbocycles. The van der Waals surface area contributed by atoms with E-state index in [9.17, 15) is 9.69 Å². The van der Waals surface area contributed by atoms with Crippen molar-refractivity contribution in [3.8, 4) is 0 Å². The van der Waals surface area contributed by atoms with Gasteiger partial charge in [0.1, 0.15) is 19.3 Å². The van der Waals surface area contributed by atoms with Crippen LogP contribution in [0.1, 0.15) is 117 Å². The summed E-state index contributed by atoms with van der Waals surface area (Å²) in [6, 6.07) is 0. The number of hydrogen-bond donors (Lipinski definition) is 1. The number of hydrogen-bond acceptors (Lipinski definition) is 6. The largest absolute Gasteiger partial charge is 0.508 e. The van der Waals surface area contributed by atoms with Gasteiger partial charge in [0.15, 0.2) is 0 Å². The molecule has 7 nitrogen and oxygen atoms in total. The topological polar surface area (TPSA) is 74.2 Å². The Balaban J connectivity index is 3.85. The fraction of sp³-hybridized carbons (Fsp3) is 0.963. The van der Waals surface area contributed by atoms with Crippen LogP contribution in [0.5, 0.6) is 0 Å². The standard InChI is InChI=1S/C27H57NO6P/c1-6-8-9-10-11-12-13-14-15-16-17-18-19-20-21-22-26(34-27(29)31-7-2)25-33-35(30)32-24-23-28(3,4)5/h26,30H,6-25H2,1-5H3/q+1. The van der Waals surface area contributed by atoms with Crippen molar-refractivity contribution >= 4 is 14.8 Å². The molecule has 0 radical (unpaired) electrons. The quantitative estimate of drug-likeness (QED) is 0.0572.